The van der Waals surface area contributed by atoms with E-state index >= 15 is 0 Å². The van der Waals surface area contributed by atoms with E-state index < -0.39 is 0 Å². The van der Waals surface area contributed by atoms with E-state index in [4.69, 9.17) is 5.73 Å². The lowest BCUT2D eigenvalue weighted by atomic mass is 10.0. The highest BCUT2D eigenvalue weighted by Gasteiger charge is 2.29. The molecule has 1 amide bonds. The molecular formula is C15H19N5OS. The fraction of sp³-hybridized carbons (Fsp3) is 0.467. The molecule has 2 aromatic rings. The highest BCUT2D eigenvalue weighted by Crippen LogP contribution is 2.28. The molecule has 1 aliphatic rings. The van der Waals surface area contributed by atoms with Gasteiger partial charge in [0.1, 0.15) is 4.88 Å². The fourth-order valence-electron chi connectivity index (χ4n) is 2.86. The number of nitrogens with zero attached hydrogens (tertiary/aromatic N) is 3. The molecule has 0 aliphatic heterocycles. The second-order valence-electron chi connectivity index (χ2n) is 5.51. The van der Waals surface area contributed by atoms with Crippen LogP contribution in [0.25, 0.3) is 10.8 Å². The van der Waals surface area contributed by atoms with Crippen LogP contribution in [0.1, 0.15) is 34.6 Å². The standard InChI is InChI=1S/C15H19N5OS/c1-9-12(14(21)20-11-5-2-4-10(11)8-16)22-15(19-9)13-17-6-3-7-18-13/h3,6-7,10-11H,2,4-5,8,16H2,1H3,(H,20,21). The highest BCUT2D eigenvalue weighted by atomic mass is 32.1. The van der Waals surface area contributed by atoms with Crippen molar-refractivity contribution in [2.45, 2.75) is 32.2 Å². The fourth-order valence-corrected chi connectivity index (χ4v) is 3.77. The van der Waals surface area contributed by atoms with E-state index in [0.29, 0.717) is 33.9 Å². The van der Waals surface area contributed by atoms with Crippen molar-refractivity contribution >= 4 is 17.2 Å². The Bertz CT molecular complexity index is 657. The van der Waals surface area contributed by atoms with Gasteiger partial charge in [-0.15, -0.1) is 11.3 Å². The van der Waals surface area contributed by atoms with Crippen LogP contribution in [-0.2, 0) is 0 Å². The molecule has 1 saturated carbocycles. The van der Waals surface area contributed by atoms with Gasteiger partial charge < -0.3 is 11.1 Å². The SMILES string of the molecule is Cc1nc(-c2ncccn2)sc1C(=O)NC1CCCC1CN. The van der Waals surface area contributed by atoms with Crippen molar-refractivity contribution in [2.75, 3.05) is 6.54 Å². The maximum atomic E-state index is 12.5. The first-order valence-corrected chi connectivity index (χ1v) is 8.26. The summed E-state index contributed by atoms with van der Waals surface area (Å²) in [6.45, 7) is 2.46. The number of rotatable bonds is 4. The van der Waals surface area contributed by atoms with Gasteiger partial charge in [0.25, 0.3) is 5.91 Å². The van der Waals surface area contributed by atoms with Gasteiger partial charge in [-0.05, 0) is 38.3 Å². The molecule has 6 nitrogen and oxygen atoms in total. The average Bonchev–Trinajstić information content (AvgIpc) is 3.14. The van der Waals surface area contributed by atoms with Gasteiger partial charge in [-0.3, -0.25) is 4.79 Å². The van der Waals surface area contributed by atoms with Gasteiger partial charge in [0.05, 0.1) is 5.69 Å². The first kappa shape index (κ1) is 15.1. The van der Waals surface area contributed by atoms with Crippen molar-refractivity contribution in [1.82, 2.24) is 20.3 Å². The Balaban J connectivity index is 1.77. The minimum absolute atomic E-state index is 0.0671. The van der Waals surface area contributed by atoms with Gasteiger partial charge >= 0.3 is 0 Å². The molecule has 7 heteroatoms. The summed E-state index contributed by atoms with van der Waals surface area (Å²) < 4.78 is 0. The molecule has 22 heavy (non-hydrogen) atoms. The molecular weight excluding hydrogens is 298 g/mol. The molecule has 0 bridgehead atoms. The van der Waals surface area contributed by atoms with E-state index in [1.54, 1.807) is 18.5 Å². The zero-order valence-electron chi connectivity index (χ0n) is 12.5. The van der Waals surface area contributed by atoms with E-state index in [-0.39, 0.29) is 11.9 Å². The van der Waals surface area contributed by atoms with Crippen LogP contribution in [0, 0.1) is 12.8 Å². The van der Waals surface area contributed by atoms with E-state index in [1.807, 2.05) is 6.92 Å². The van der Waals surface area contributed by atoms with Gasteiger partial charge in [-0.2, -0.15) is 0 Å². The summed E-state index contributed by atoms with van der Waals surface area (Å²) in [5.74, 6) is 0.868. The Morgan fingerprint density at radius 2 is 2.18 bits per heavy atom. The molecule has 0 spiro atoms. The molecule has 2 atom stereocenters. The number of thiazole rings is 1. The third-order valence-corrected chi connectivity index (χ3v) is 5.19. The van der Waals surface area contributed by atoms with Crippen molar-refractivity contribution in [3.63, 3.8) is 0 Å². The summed E-state index contributed by atoms with van der Waals surface area (Å²) in [7, 11) is 0. The van der Waals surface area contributed by atoms with Gasteiger partial charge in [-0.25, -0.2) is 15.0 Å². The maximum absolute atomic E-state index is 12.5. The molecule has 1 aliphatic carbocycles. The van der Waals surface area contributed by atoms with Crippen molar-refractivity contribution in [3.05, 3.63) is 29.0 Å². The third kappa shape index (κ3) is 3.00. The van der Waals surface area contributed by atoms with Crippen molar-refractivity contribution < 1.29 is 4.79 Å². The minimum Gasteiger partial charge on any atom is -0.348 e. The molecule has 2 unspecified atom stereocenters. The Kier molecular flexibility index (Phi) is 4.44. The summed E-state index contributed by atoms with van der Waals surface area (Å²) in [6.07, 6.45) is 6.55. The van der Waals surface area contributed by atoms with Crippen LogP contribution in [0.3, 0.4) is 0 Å². The molecule has 0 aromatic carbocycles. The molecule has 0 saturated heterocycles. The normalized spacial score (nSPS) is 21.0. The van der Waals surface area contributed by atoms with Crippen LogP contribution in [0.4, 0.5) is 0 Å². The Hall–Kier alpha value is -1.86. The number of aromatic nitrogens is 3. The number of nitrogens with one attached hydrogen (secondary N) is 1. The first-order valence-electron chi connectivity index (χ1n) is 7.44. The van der Waals surface area contributed by atoms with Crippen LogP contribution in [0.5, 0.6) is 0 Å². The number of amides is 1. The quantitative estimate of drug-likeness (QED) is 0.896. The molecule has 2 heterocycles. The first-order chi connectivity index (χ1) is 10.7. The molecule has 2 aromatic heterocycles. The lowest BCUT2D eigenvalue weighted by Crippen LogP contribution is -2.39. The van der Waals surface area contributed by atoms with Crippen LogP contribution in [0.2, 0.25) is 0 Å². The number of nitrogens with two attached hydrogens (primary N) is 1. The van der Waals surface area contributed by atoms with Gasteiger partial charge in [0, 0.05) is 18.4 Å². The zero-order chi connectivity index (χ0) is 15.5. The lowest BCUT2D eigenvalue weighted by Gasteiger charge is -2.19. The number of aryl methyl sites for hydroxylation is 1. The second kappa shape index (κ2) is 6.50. The van der Waals surface area contributed by atoms with E-state index in [2.05, 4.69) is 20.3 Å². The molecule has 3 rings (SSSR count). The monoisotopic (exact) mass is 317 g/mol. The van der Waals surface area contributed by atoms with E-state index in [9.17, 15) is 4.79 Å². The molecule has 1 fully saturated rings. The Labute approximate surface area is 133 Å². The average molecular weight is 317 g/mol. The molecule has 0 radical (unpaired) electrons. The van der Waals surface area contributed by atoms with Crippen LogP contribution < -0.4 is 11.1 Å². The third-order valence-electron chi connectivity index (χ3n) is 4.04. The second-order valence-corrected chi connectivity index (χ2v) is 6.51. The number of carbonyl (C=O) groups is 1. The van der Waals surface area contributed by atoms with Crippen molar-refractivity contribution in [3.8, 4) is 10.8 Å². The zero-order valence-corrected chi connectivity index (χ0v) is 13.3. The van der Waals surface area contributed by atoms with Crippen molar-refractivity contribution in [1.29, 1.82) is 0 Å². The lowest BCUT2D eigenvalue weighted by molar-refractivity contribution is 0.0932. The summed E-state index contributed by atoms with van der Waals surface area (Å²) in [5, 5.41) is 3.78. The van der Waals surface area contributed by atoms with Crippen molar-refractivity contribution in [2.24, 2.45) is 11.7 Å². The van der Waals surface area contributed by atoms with E-state index in [0.717, 1.165) is 19.3 Å². The number of carbonyl (C=O) groups excluding carboxylic acids is 1. The van der Waals surface area contributed by atoms with Crippen LogP contribution >= 0.6 is 11.3 Å². The van der Waals surface area contributed by atoms with Gasteiger partial charge in [0.2, 0.25) is 0 Å². The highest BCUT2D eigenvalue weighted by molar-refractivity contribution is 7.17. The summed E-state index contributed by atoms with van der Waals surface area (Å²) in [6, 6.07) is 1.93. The number of hydrogen-bond acceptors (Lipinski definition) is 6. The predicted octanol–water partition coefficient (Wildman–Crippen LogP) is 1.77. The van der Waals surface area contributed by atoms with Gasteiger partial charge in [-0.1, -0.05) is 6.42 Å². The summed E-state index contributed by atoms with van der Waals surface area (Å²) in [5.41, 5.74) is 6.49. The van der Waals surface area contributed by atoms with Crippen LogP contribution in [0.15, 0.2) is 18.5 Å². The minimum atomic E-state index is -0.0671. The summed E-state index contributed by atoms with van der Waals surface area (Å²) in [4.78, 5) is 25.9. The van der Waals surface area contributed by atoms with Crippen LogP contribution in [-0.4, -0.2) is 33.4 Å². The number of hydrogen-bond donors (Lipinski definition) is 2. The molecule has 3 N–H and O–H groups in total. The van der Waals surface area contributed by atoms with Gasteiger partial charge in [0.15, 0.2) is 10.8 Å². The summed E-state index contributed by atoms with van der Waals surface area (Å²) >= 11 is 1.33. The Morgan fingerprint density at radius 1 is 1.41 bits per heavy atom. The maximum Gasteiger partial charge on any atom is 0.263 e. The smallest absolute Gasteiger partial charge is 0.263 e. The predicted molar refractivity (Wildman–Crippen MR) is 85.5 cm³/mol. The largest absolute Gasteiger partial charge is 0.348 e. The van der Waals surface area contributed by atoms with E-state index in [1.165, 1.54) is 11.3 Å². The topological polar surface area (TPSA) is 93.8 Å². The molecule has 116 valence electrons. The Morgan fingerprint density at radius 3 is 2.91 bits per heavy atom.